The van der Waals surface area contributed by atoms with Crippen LogP contribution in [0.4, 0.5) is 0 Å². The first kappa shape index (κ1) is 8.54. The third-order valence-electron chi connectivity index (χ3n) is 1.79. The lowest BCUT2D eigenvalue weighted by molar-refractivity contribution is 0.993. The molecule has 0 unspecified atom stereocenters. The van der Waals surface area contributed by atoms with Crippen molar-refractivity contribution < 1.29 is 0 Å². The molecule has 0 bridgehead atoms. The van der Waals surface area contributed by atoms with Crippen LogP contribution in [0.25, 0.3) is 0 Å². The normalized spacial score (nSPS) is 9.91. The van der Waals surface area contributed by atoms with Gasteiger partial charge in [0.2, 0.25) is 0 Å². The summed E-state index contributed by atoms with van der Waals surface area (Å²) in [5, 5.41) is 2.18. The van der Waals surface area contributed by atoms with Gasteiger partial charge in [-0.05, 0) is 36.3 Å². The van der Waals surface area contributed by atoms with Gasteiger partial charge in [-0.3, -0.25) is 0 Å². The van der Waals surface area contributed by atoms with Gasteiger partial charge >= 0.3 is 0 Å². The van der Waals surface area contributed by atoms with Crippen LogP contribution in [0.15, 0.2) is 24.1 Å². The Morgan fingerprint density at radius 2 is 2.45 bits per heavy atom. The Morgan fingerprint density at radius 1 is 1.64 bits per heavy atom. The molecule has 0 nitrogen and oxygen atoms in total. The highest BCUT2D eigenvalue weighted by Crippen LogP contribution is 2.18. The van der Waals surface area contributed by atoms with Crippen LogP contribution in [-0.4, -0.2) is 0 Å². The Bertz CT molecular complexity index is 223. The number of aryl methyl sites for hydroxylation is 2. The second kappa shape index (κ2) is 4.35. The topological polar surface area (TPSA) is 0 Å². The van der Waals surface area contributed by atoms with Crippen molar-refractivity contribution >= 4 is 11.3 Å². The average Bonchev–Trinajstić information content (AvgIpc) is 2.47. The predicted octanol–water partition coefficient (Wildman–Crippen LogP) is 3.43. The van der Waals surface area contributed by atoms with E-state index >= 15 is 0 Å². The molecule has 0 fully saturated rings. The quantitative estimate of drug-likeness (QED) is 0.601. The molecule has 1 heterocycles. The van der Waals surface area contributed by atoms with Crippen LogP contribution in [0.2, 0.25) is 0 Å². The zero-order valence-corrected chi connectivity index (χ0v) is 7.79. The van der Waals surface area contributed by atoms with Gasteiger partial charge in [-0.25, -0.2) is 0 Å². The summed E-state index contributed by atoms with van der Waals surface area (Å²) in [6, 6.07) is 2.23. The molecule has 0 aliphatic rings. The van der Waals surface area contributed by atoms with Gasteiger partial charge < -0.3 is 0 Å². The third kappa shape index (κ3) is 2.19. The second-order valence-corrected chi connectivity index (χ2v) is 3.55. The molecule has 1 heteroatoms. The smallest absolute Gasteiger partial charge is 0.00801 e. The van der Waals surface area contributed by atoms with E-state index < -0.39 is 0 Å². The monoisotopic (exact) mass is 166 g/mol. The lowest BCUT2D eigenvalue weighted by atomic mass is 10.1. The molecule has 1 aromatic rings. The van der Waals surface area contributed by atoms with Crippen molar-refractivity contribution in [2.45, 2.75) is 26.2 Å². The molecule has 0 radical (unpaired) electrons. The largest absolute Gasteiger partial charge is 0.149 e. The molecule has 0 aliphatic heterocycles. The molecule has 0 spiro atoms. The van der Waals surface area contributed by atoms with Crippen LogP contribution in [-0.2, 0) is 12.8 Å². The van der Waals surface area contributed by atoms with Gasteiger partial charge in [-0.1, -0.05) is 13.0 Å². The van der Waals surface area contributed by atoms with Crippen molar-refractivity contribution in [1.29, 1.82) is 0 Å². The molecule has 11 heavy (non-hydrogen) atoms. The van der Waals surface area contributed by atoms with Crippen molar-refractivity contribution in [3.8, 4) is 0 Å². The number of hydrogen-bond donors (Lipinski definition) is 0. The third-order valence-corrected chi connectivity index (χ3v) is 2.82. The zero-order chi connectivity index (χ0) is 8.10. The summed E-state index contributed by atoms with van der Waals surface area (Å²) in [5.74, 6) is 0. The molecule has 1 aromatic heterocycles. The van der Waals surface area contributed by atoms with E-state index in [2.05, 4.69) is 24.9 Å². The molecular weight excluding hydrogens is 152 g/mol. The number of hydrogen-bond acceptors (Lipinski definition) is 1. The maximum atomic E-state index is 3.72. The van der Waals surface area contributed by atoms with Gasteiger partial charge in [-0.2, -0.15) is 0 Å². The lowest BCUT2D eigenvalue weighted by Gasteiger charge is -1.96. The maximum absolute atomic E-state index is 3.72. The average molecular weight is 166 g/mol. The molecule has 0 aromatic carbocycles. The van der Waals surface area contributed by atoms with Gasteiger partial charge in [0.1, 0.15) is 0 Å². The van der Waals surface area contributed by atoms with Crippen LogP contribution < -0.4 is 0 Å². The van der Waals surface area contributed by atoms with Gasteiger partial charge in [0.05, 0.1) is 0 Å². The van der Waals surface area contributed by atoms with E-state index in [1.165, 1.54) is 16.9 Å². The Balaban J connectivity index is 2.60. The Morgan fingerprint density at radius 3 is 3.09 bits per heavy atom. The standard InChI is InChI=1S/C10H14S/c1-3-5-6-10-9(4-2)7-8-11-10/h3,7-8H,1,4-6H2,2H3. The van der Waals surface area contributed by atoms with Crippen LogP contribution in [0.3, 0.4) is 0 Å². The second-order valence-electron chi connectivity index (χ2n) is 2.55. The summed E-state index contributed by atoms with van der Waals surface area (Å²) in [4.78, 5) is 1.53. The fourth-order valence-corrected chi connectivity index (χ4v) is 2.13. The van der Waals surface area contributed by atoms with Crippen molar-refractivity contribution in [1.82, 2.24) is 0 Å². The van der Waals surface area contributed by atoms with E-state index in [9.17, 15) is 0 Å². The minimum absolute atomic E-state index is 1.10. The first-order chi connectivity index (χ1) is 5.38. The summed E-state index contributed by atoms with van der Waals surface area (Å²) in [6.45, 7) is 5.93. The van der Waals surface area contributed by atoms with Crippen molar-refractivity contribution in [3.05, 3.63) is 34.5 Å². The Labute approximate surface area is 72.6 Å². The molecular formula is C10H14S. The molecule has 1 rings (SSSR count). The molecule has 0 saturated heterocycles. The highest BCUT2D eigenvalue weighted by atomic mass is 32.1. The van der Waals surface area contributed by atoms with Crippen molar-refractivity contribution in [3.63, 3.8) is 0 Å². The van der Waals surface area contributed by atoms with Crippen molar-refractivity contribution in [2.75, 3.05) is 0 Å². The fraction of sp³-hybridized carbons (Fsp3) is 0.400. The summed E-state index contributed by atoms with van der Waals surface area (Å²) >= 11 is 1.87. The van der Waals surface area contributed by atoms with Gasteiger partial charge in [0.15, 0.2) is 0 Å². The number of rotatable bonds is 4. The van der Waals surface area contributed by atoms with Crippen molar-refractivity contribution in [2.24, 2.45) is 0 Å². The fourth-order valence-electron chi connectivity index (χ4n) is 1.13. The van der Waals surface area contributed by atoms with E-state index in [0.717, 1.165) is 12.8 Å². The zero-order valence-electron chi connectivity index (χ0n) is 6.97. The molecule has 0 N–H and O–H groups in total. The van der Waals surface area contributed by atoms with Gasteiger partial charge in [0, 0.05) is 4.88 Å². The summed E-state index contributed by atoms with van der Waals surface area (Å²) in [6.07, 6.45) is 5.42. The minimum atomic E-state index is 1.10. The van der Waals surface area contributed by atoms with Crippen LogP contribution in [0.1, 0.15) is 23.8 Å². The van der Waals surface area contributed by atoms with Gasteiger partial charge in [0.25, 0.3) is 0 Å². The molecule has 0 amide bonds. The highest BCUT2D eigenvalue weighted by Gasteiger charge is 1.99. The minimum Gasteiger partial charge on any atom is -0.149 e. The molecule has 0 saturated carbocycles. The van der Waals surface area contributed by atoms with Gasteiger partial charge in [-0.15, -0.1) is 17.9 Å². The summed E-state index contributed by atoms with van der Waals surface area (Å²) in [5.41, 5.74) is 1.51. The molecule has 60 valence electrons. The first-order valence-corrected chi connectivity index (χ1v) is 4.92. The van der Waals surface area contributed by atoms with Crippen LogP contribution in [0.5, 0.6) is 0 Å². The SMILES string of the molecule is C=CCCc1sccc1CC. The number of thiophene rings is 1. The van der Waals surface area contributed by atoms with E-state index in [1.807, 2.05) is 17.4 Å². The molecule has 0 aliphatic carbocycles. The Kier molecular flexibility index (Phi) is 3.37. The van der Waals surface area contributed by atoms with Crippen LogP contribution in [0, 0.1) is 0 Å². The summed E-state index contributed by atoms with van der Waals surface area (Å²) in [7, 11) is 0. The first-order valence-electron chi connectivity index (χ1n) is 4.04. The summed E-state index contributed by atoms with van der Waals surface area (Å²) < 4.78 is 0. The molecule has 0 atom stereocenters. The highest BCUT2D eigenvalue weighted by molar-refractivity contribution is 7.10. The van der Waals surface area contributed by atoms with E-state index in [0.29, 0.717) is 0 Å². The van der Waals surface area contributed by atoms with E-state index in [1.54, 1.807) is 0 Å². The van der Waals surface area contributed by atoms with Crippen LogP contribution >= 0.6 is 11.3 Å². The number of allylic oxidation sites excluding steroid dienone is 1. The lowest BCUT2D eigenvalue weighted by Crippen LogP contribution is -1.84. The van der Waals surface area contributed by atoms with E-state index in [-0.39, 0.29) is 0 Å². The van der Waals surface area contributed by atoms with E-state index in [4.69, 9.17) is 0 Å². The maximum Gasteiger partial charge on any atom is 0.00801 e. The predicted molar refractivity (Wildman–Crippen MR) is 52.2 cm³/mol. The Hall–Kier alpha value is -0.560.